The number of rotatable bonds is 7. The molecule has 3 unspecified atom stereocenters. The molecular weight excluding hydrogens is 396 g/mol. The average molecular weight is 431 g/mol. The Hall–Kier alpha value is -2.05. The lowest BCUT2D eigenvalue weighted by Crippen LogP contribution is -2.25. The van der Waals surface area contributed by atoms with E-state index in [4.69, 9.17) is 11.6 Å². The maximum atomic E-state index is 6.86. The summed E-state index contributed by atoms with van der Waals surface area (Å²) < 4.78 is 0. The first-order chi connectivity index (χ1) is 15.2. The van der Waals surface area contributed by atoms with Gasteiger partial charge in [-0.05, 0) is 58.9 Å². The SMILES string of the molecule is CCCC1CCCCC1C(CC)c1ccc(-c2ccc(-c3ccccc3)cc2)c(Cl)c1. The average Bonchev–Trinajstić information content (AvgIpc) is 2.82. The van der Waals surface area contributed by atoms with E-state index in [9.17, 15) is 0 Å². The molecule has 0 nitrogen and oxygen atoms in total. The highest BCUT2D eigenvalue weighted by Gasteiger charge is 2.31. The predicted molar refractivity (Wildman–Crippen MR) is 136 cm³/mol. The molecule has 0 aliphatic heterocycles. The first-order valence-electron chi connectivity index (χ1n) is 12.2. The molecule has 1 aliphatic carbocycles. The highest BCUT2D eigenvalue weighted by molar-refractivity contribution is 6.33. The van der Waals surface area contributed by atoms with Crippen LogP contribution in [0, 0.1) is 11.8 Å². The summed E-state index contributed by atoms with van der Waals surface area (Å²) in [6.07, 6.45) is 9.47. The largest absolute Gasteiger partial charge is 0.0837 e. The minimum absolute atomic E-state index is 0.629. The lowest BCUT2D eigenvalue weighted by molar-refractivity contribution is 0.185. The predicted octanol–water partition coefficient (Wildman–Crippen LogP) is 9.77. The van der Waals surface area contributed by atoms with Gasteiger partial charge in [0.15, 0.2) is 0 Å². The van der Waals surface area contributed by atoms with Gasteiger partial charge in [0, 0.05) is 10.6 Å². The van der Waals surface area contributed by atoms with Gasteiger partial charge in [-0.15, -0.1) is 0 Å². The van der Waals surface area contributed by atoms with Crippen LogP contribution in [0.2, 0.25) is 5.02 Å². The van der Waals surface area contributed by atoms with E-state index in [1.807, 2.05) is 0 Å². The molecule has 0 saturated heterocycles. The smallest absolute Gasteiger partial charge is 0.0487 e. The van der Waals surface area contributed by atoms with E-state index < -0.39 is 0 Å². The van der Waals surface area contributed by atoms with Crippen LogP contribution in [0.4, 0.5) is 0 Å². The second-order valence-electron chi connectivity index (χ2n) is 9.19. The van der Waals surface area contributed by atoms with Crippen LogP contribution in [-0.2, 0) is 0 Å². The van der Waals surface area contributed by atoms with Crippen molar-refractivity contribution in [3.63, 3.8) is 0 Å². The summed E-state index contributed by atoms with van der Waals surface area (Å²) in [5, 5.41) is 0.881. The zero-order valence-corrected chi connectivity index (χ0v) is 19.7. The zero-order chi connectivity index (χ0) is 21.6. The summed E-state index contributed by atoms with van der Waals surface area (Å²) in [6.45, 7) is 4.69. The van der Waals surface area contributed by atoms with Crippen molar-refractivity contribution >= 4 is 11.6 Å². The van der Waals surface area contributed by atoms with Crippen molar-refractivity contribution < 1.29 is 0 Å². The fourth-order valence-corrected chi connectivity index (χ4v) is 6.05. The third-order valence-electron chi connectivity index (χ3n) is 7.31. The van der Waals surface area contributed by atoms with Crippen molar-refractivity contribution in [2.24, 2.45) is 11.8 Å². The van der Waals surface area contributed by atoms with E-state index in [0.29, 0.717) is 5.92 Å². The number of hydrogen-bond donors (Lipinski definition) is 0. The molecule has 0 heterocycles. The van der Waals surface area contributed by atoms with Crippen LogP contribution >= 0.6 is 11.6 Å². The van der Waals surface area contributed by atoms with Gasteiger partial charge >= 0.3 is 0 Å². The van der Waals surface area contributed by atoms with Crippen LogP contribution in [0.5, 0.6) is 0 Å². The Morgan fingerprint density at radius 2 is 1.48 bits per heavy atom. The van der Waals surface area contributed by atoms with Gasteiger partial charge in [-0.1, -0.05) is 124 Å². The molecule has 0 amide bonds. The van der Waals surface area contributed by atoms with Crippen LogP contribution in [0.15, 0.2) is 72.8 Å². The quantitative estimate of drug-likeness (QED) is 0.349. The van der Waals surface area contributed by atoms with Crippen molar-refractivity contribution in [3.8, 4) is 22.3 Å². The van der Waals surface area contributed by atoms with Gasteiger partial charge in [0.25, 0.3) is 0 Å². The van der Waals surface area contributed by atoms with E-state index in [1.54, 1.807) is 0 Å². The van der Waals surface area contributed by atoms with Crippen molar-refractivity contribution in [3.05, 3.63) is 83.4 Å². The van der Waals surface area contributed by atoms with Crippen LogP contribution in [0.3, 0.4) is 0 Å². The molecule has 4 rings (SSSR count). The minimum atomic E-state index is 0.629. The molecule has 1 heteroatoms. The molecule has 3 aromatic rings. The summed E-state index contributed by atoms with van der Waals surface area (Å²) in [5.41, 5.74) is 6.24. The van der Waals surface area contributed by atoms with Crippen molar-refractivity contribution in [2.75, 3.05) is 0 Å². The van der Waals surface area contributed by atoms with Gasteiger partial charge in [-0.2, -0.15) is 0 Å². The Morgan fingerprint density at radius 3 is 2.16 bits per heavy atom. The van der Waals surface area contributed by atoms with E-state index in [0.717, 1.165) is 22.4 Å². The molecule has 0 aromatic heterocycles. The number of benzene rings is 3. The van der Waals surface area contributed by atoms with Gasteiger partial charge < -0.3 is 0 Å². The highest BCUT2D eigenvalue weighted by Crippen LogP contribution is 2.44. The number of halogens is 1. The Bertz CT molecular complexity index is 955. The maximum Gasteiger partial charge on any atom is 0.0487 e. The standard InChI is InChI=1S/C30H35Cl/c1-3-10-24-13-8-9-14-28(24)27(4-2)26-19-20-29(30(31)21-26)25-17-15-23(16-18-25)22-11-6-5-7-12-22/h5-7,11-12,15-21,24,27-28H,3-4,8-10,13-14H2,1-2H3. The van der Waals surface area contributed by atoms with Gasteiger partial charge in [0.05, 0.1) is 0 Å². The van der Waals surface area contributed by atoms with Crippen LogP contribution < -0.4 is 0 Å². The second kappa shape index (κ2) is 10.5. The summed E-state index contributed by atoms with van der Waals surface area (Å²) in [4.78, 5) is 0. The zero-order valence-electron chi connectivity index (χ0n) is 19.0. The Kier molecular flexibility index (Phi) is 7.51. The van der Waals surface area contributed by atoms with Crippen molar-refractivity contribution in [1.29, 1.82) is 0 Å². The molecule has 1 fully saturated rings. The van der Waals surface area contributed by atoms with E-state index in [-0.39, 0.29) is 0 Å². The molecule has 0 bridgehead atoms. The van der Waals surface area contributed by atoms with Gasteiger partial charge in [0.1, 0.15) is 0 Å². The molecule has 1 aliphatic rings. The van der Waals surface area contributed by atoms with Crippen LogP contribution in [0.1, 0.15) is 70.3 Å². The summed E-state index contributed by atoms with van der Waals surface area (Å²) >= 11 is 6.86. The molecule has 162 valence electrons. The molecule has 3 aromatic carbocycles. The van der Waals surface area contributed by atoms with Gasteiger partial charge in [-0.25, -0.2) is 0 Å². The minimum Gasteiger partial charge on any atom is -0.0837 e. The van der Waals surface area contributed by atoms with E-state index >= 15 is 0 Å². The van der Waals surface area contributed by atoms with E-state index in [1.165, 1.54) is 67.2 Å². The second-order valence-corrected chi connectivity index (χ2v) is 9.60. The fourth-order valence-electron chi connectivity index (χ4n) is 5.75. The maximum absolute atomic E-state index is 6.86. The number of hydrogen-bond acceptors (Lipinski definition) is 0. The van der Waals surface area contributed by atoms with Crippen molar-refractivity contribution in [1.82, 2.24) is 0 Å². The molecule has 0 spiro atoms. The Morgan fingerprint density at radius 1 is 0.806 bits per heavy atom. The Labute approximate surface area is 193 Å². The molecule has 3 atom stereocenters. The van der Waals surface area contributed by atoms with Crippen LogP contribution in [-0.4, -0.2) is 0 Å². The van der Waals surface area contributed by atoms with Gasteiger partial charge in [-0.3, -0.25) is 0 Å². The van der Waals surface area contributed by atoms with Gasteiger partial charge in [0.2, 0.25) is 0 Å². The van der Waals surface area contributed by atoms with Crippen LogP contribution in [0.25, 0.3) is 22.3 Å². The van der Waals surface area contributed by atoms with E-state index in [2.05, 4.69) is 86.6 Å². The molecule has 0 N–H and O–H groups in total. The third-order valence-corrected chi connectivity index (χ3v) is 7.62. The summed E-state index contributed by atoms with van der Waals surface area (Å²) in [7, 11) is 0. The third kappa shape index (κ3) is 5.07. The summed E-state index contributed by atoms with van der Waals surface area (Å²) in [5.74, 6) is 2.32. The molecule has 31 heavy (non-hydrogen) atoms. The Balaban J connectivity index is 1.57. The fraction of sp³-hybridized carbons (Fsp3) is 0.400. The summed E-state index contributed by atoms with van der Waals surface area (Å²) in [6, 6.07) is 26.2. The lowest BCUT2D eigenvalue weighted by atomic mass is 9.68. The first-order valence-corrected chi connectivity index (χ1v) is 12.5. The molecule has 0 radical (unpaired) electrons. The van der Waals surface area contributed by atoms with Crippen molar-refractivity contribution in [2.45, 2.75) is 64.7 Å². The first kappa shape index (κ1) is 22.2. The normalized spacial score (nSPS) is 19.8. The topological polar surface area (TPSA) is 0 Å². The molecule has 1 saturated carbocycles. The molecular formula is C30H35Cl. The monoisotopic (exact) mass is 430 g/mol. The lowest BCUT2D eigenvalue weighted by Gasteiger charge is -2.37. The highest BCUT2D eigenvalue weighted by atomic mass is 35.5.